The number of nitrogens with two attached hydrogens (primary N) is 1. The van der Waals surface area contributed by atoms with Crippen molar-refractivity contribution in [3.63, 3.8) is 0 Å². The molecule has 3 rings (SSSR count). The summed E-state index contributed by atoms with van der Waals surface area (Å²) in [4.78, 5) is 15.3. The number of hydrogen-bond donors (Lipinski definition) is 1. The summed E-state index contributed by atoms with van der Waals surface area (Å²) in [5, 5.41) is 7.88. The van der Waals surface area contributed by atoms with Gasteiger partial charge < -0.3 is 10.6 Å². The molecule has 1 aliphatic carbocycles. The summed E-state index contributed by atoms with van der Waals surface area (Å²) in [7, 11) is 0. The second kappa shape index (κ2) is 4.10. The predicted molar refractivity (Wildman–Crippen MR) is 60.8 cm³/mol. The van der Waals surface area contributed by atoms with Crippen LogP contribution in [0, 0.1) is 11.8 Å². The first-order valence-electron chi connectivity index (χ1n) is 6.11. The number of likely N-dealkylation sites (tertiary alicyclic amines) is 1. The van der Waals surface area contributed by atoms with E-state index in [1.54, 1.807) is 12.4 Å². The quantitative estimate of drug-likeness (QED) is 0.764. The van der Waals surface area contributed by atoms with Gasteiger partial charge in [0.1, 0.15) is 6.54 Å². The van der Waals surface area contributed by atoms with Crippen LogP contribution in [0.3, 0.4) is 0 Å². The van der Waals surface area contributed by atoms with Crippen molar-refractivity contribution in [1.82, 2.24) is 19.9 Å². The molecule has 6 heteroatoms. The van der Waals surface area contributed by atoms with Crippen molar-refractivity contribution in [3.8, 4) is 0 Å². The molecular weight excluding hydrogens is 218 g/mol. The van der Waals surface area contributed by atoms with Gasteiger partial charge in [-0.2, -0.15) is 15.0 Å². The van der Waals surface area contributed by atoms with Crippen molar-refractivity contribution in [2.75, 3.05) is 13.1 Å². The lowest BCUT2D eigenvalue weighted by Crippen LogP contribution is -2.34. The minimum Gasteiger partial charge on any atom is -0.339 e. The van der Waals surface area contributed by atoms with E-state index in [1.807, 2.05) is 4.90 Å². The smallest absolute Gasteiger partial charge is 0.246 e. The second-order valence-corrected chi connectivity index (χ2v) is 5.02. The highest BCUT2D eigenvalue weighted by atomic mass is 16.2. The molecule has 92 valence electrons. The first-order valence-corrected chi connectivity index (χ1v) is 6.11. The fraction of sp³-hybridized carbons (Fsp3) is 0.727. The van der Waals surface area contributed by atoms with Crippen molar-refractivity contribution in [2.24, 2.45) is 17.6 Å². The normalized spacial score (nSPS) is 28.6. The zero-order chi connectivity index (χ0) is 11.8. The maximum Gasteiger partial charge on any atom is 0.246 e. The number of carbonyl (C=O) groups is 1. The zero-order valence-corrected chi connectivity index (χ0v) is 9.70. The molecule has 1 aromatic rings. The van der Waals surface area contributed by atoms with E-state index in [9.17, 15) is 4.79 Å². The molecule has 2 fully saturated rings. The van der Waals surface area contributed by atoms with Crippen LogP contribution in [0.5, 0.6) is 0 Å². The van der Waals surface area contributed by atoms with Gasteiger partial charge >= 0.3 is 0 Å². The number of rotatable bonds is 3. The van der Waals surface area contributed by atoms with Crippen molar-refractivity contribution >= 4 is 5.91 Å². The highest BCUT2D eigenvalue weighted by Crippen LogP contribution is 2.40. The lowest BCUT2D eigenvalue weighted by atomic mass is 9.99. The van der Waals surface area contributed by atoms with Gasteiger partial charge in [-0.3, -0.25) is 4.79 Å². The van der Waals surface area contributed by atoms with E-state index in [1.165, 1.54) is 17.6 Å². The van der Waals surface area contributed by atoms with Crippen LogP contribution in [0.4, 0.5) is 0 Å². The molecule has 2 atom stereocenters. The Hall–Kier alpha value is -1.43. The van der Waals surface area contributed by atoms with Crippen LogP contribution in [0.2, 0.25) is 0 Å². The molecule has 2 heterocycles. The third kappa shape index (κ3) is 2.17. The standard InChI is InChI=1S/C11H17N5O/c12-10-6-15(5-9(10)8-1-2-8)11(17)7-16-13-3-4-14-16/h3-4,8-10H,1-2,5-7,12H2/t9-,10+/m1/s1. The molecule has 1 aliphatic heterocycles. The molecule has 0 bridgehead atoms. The minimum absolute atomic E-state index is 0.0693. The molecule has 0 spiro atoms. The minimum atomic E-state index is 0.0693. The third-order valence-corrected chi connectivity index (χ3v) is 3.74. The zero-order valence-electron chi connectivity index (χ0n) is 9.70. The molecule has 0 aromatic carbocycles. The molecule has 2 N–H and O–H groups in total. The number of hydrogen-bond acceptors (Lipinski definition) is 4. The fourth-order valence-corrected chi connectivity index (χ4v) is 2.63. The van der Waals surface area contributed by atoms with E-state index in [0.717, 1.165) is 12.5 Å². The number of aromatic nitrogens is 3. The Morgan fingerprint density at radius 3 is 2.65 bits per heavy atom. The van der Waals surface area contributed by atoms with Crippen molar-refractivity contribution < 1.29 is 4.79 Å². The molecule has 0 radical (unpaired) electrons. The largest absolute Gasteiger partial charge is 0.339 e. The van der Waals surface area contributed by atoms with Crippen molar-refractivity contribution in [3.05, 3.63) is 12.4 Å². The second-order valence-electron chi connectivity index (χ2n) is 5.02. The van der Waals surface area contributed by atoms with Gasteiger partial charge in [-0.1, -0.05) is 0 Å². The van der Waals surface area contributed by atoms with Gasteiger partial charge in [-0.25, -0.2) is 0 Å². The van der Waals surface area contributed by atoms with Gasteiger partial charge in [-0.05, 0) is 24.7 Å². The fourth-order valence-electron chi connectivity index (χ4n) is 2.63. The lowest BCUT2D eigenvalue weighted by molar-refractivity contribution is -0.131. The highest BCUT2D eigenvalue weighted by Gasteiger charge is 2.42. The average molecular weight is 235 g/mol. The average Bonchev–Trinajstić information content (AvgIpc) is 2.87. The summed E-state index contributed by atoms with van der Waals surface area (Å²) in [6, 6.07) is 0.150. The van der Waals surface area contributed by atoms with E-state index in [2.05, 4.69) is 10.2 Å². The molecule has 2 aliphatic rings. The molecule has 1 saturated carbocycles. The first-order chi connectivity index (χ1) is 8.24. The summed E-state index contributed by atoms with van der Waals surface area (Å²) in [5.74, 6) is 1.33. The van der Waals surface area contributed by atoms with Crippen LogP contribution >= 0.6 is 0 Å². The van der Waals surface area contributed by atoms with Crippen LogP contribution in [0.25, 0.3) is 0 Å². The maximum atomic E-state index is 12.0. The number of carbonyl (C=O) groups excluding carboxylic acids is 1. The molecule has 1 amide bonds. The summed E-state index contributed by atoms with van der Waals surface area (Å²) < 4.78 is 0. The molecule has 17 heavy (non-hydrogen) atoms. The van der Waals surface area contributed by atoms with Crippen LogP contribution in [0.15, 0.2) is 12.4 Å². The van der Waals surface area contributed by atoms with Crippen LogP contribution < -0.4 is 5.73 Å². The summed E-state index contributed by atoms with van der Waals surface area (Å²) in [6.45, 7) is 1.71. The molecular formula is C11H17N5O. The van der Waals surface area contributed by atoms with Gasteiger partial charge in [0, 0.05) is 19.1 Å². The third-order valence-electron chi connectivity index (χ3n) is 3.74. The Balaban J connectivity index is 1.59. The van der Waals surface area contributed by atoms with Gasteiger partial charge in [0.05, 0.1) is 12.4 Å². The molecule has 6 nitrogen and oxygen atoms in total. The molecule has 1 aromatic heterocycles. The SMILES string of the molecule is N[C@H]1CN(C(=O)Cn2nccn2)C[C@@H]1C1CC1. The van der Waals surface area contributed by atoms with Crippen LogP contribution in [-0.2, 0) is 11.3 Å². The maximum absolute atomic E-state index is 12.0. The summed E-state index contributed by atoms with van der Waals surface area (Å²) >= 11 is 0. The monoisotopic (exact) mass is 235 g/mol. The number of amides is 1. The Bertz CT molecular complexity index is 400. The lowest BCUT2D eigenvalue weighted by Gasteiger charge is -2.15. The Kier molecular flexibility index (Phi) is 2.58. The van der Waals surface area contributed by atoms with Crippen molar-refractivity contribution in [2.45, 2.75) is 25.4 Å². The van der Waals surface area contributed by atoms with E-state index in [-0.39, 0.29) is 18.5 Å². The topological polar surface area (TPSA) is 77.0 Å². The van der Waals surface area contributed by atoms with Crippen LogP contribution in [-0.4, -0.2) is 44.9 Å². The Morgan fingerprint density at radius 1 is 1.29 bits per heavy atom. The van der Waals surface area contributed by atoms with Gasteiger partial charge in [0.2, 0.25) is 5.91 Å². The van der Waals surface area contributed by atoms with Gasteiger partial charge in [0.15, 0.2) is 0 Å². The van der Waals surface area contributed by atoms with Gasteiger partial charge in [-0.15, -0.1) is 0 Å². The Morgan fingerprint density at radius 2 is 2.00 bits per heavy atom. The number of nitrogens with zero attached hydrogens (tertiary/aromatic N) is 4. The van der Waals surface area contributed by atoms with E-state index in [0.29, 0.717) is 12.5 Å². The van der Waals surface area contributed by atoms with E-state index < -0.39 is 0 Å². The van der Waals surface area contributed by atoms with E-state index >= 15 is 0 Å². The first kappa shape index (κ1) is 10.7. The Labute approximate surface area is 99.8 Å². The predicted octanol–water partition coefficient (Wildman–Crippen LogP) is -0.526. The van der Waals surface area contributed by atoms with Crippen LogP contribution in [0.1, 0.15) is 12.8 Å². The van der Waals surface area contributed by atoms with E-state index in [4.69, 9.17) is 5.73 Å². The summed E-state index contributed by atoms with van der Waals surface area (Å²) in [6.07, 6.45) is 5.72. The molecule has 1 saturated heterocycles. The molecule has 0 unspecified atom stereocenters. The summed E-state index contributed by atoms with van der Waals surface area (Å²) in [5.41, 5.74) is 6.09. The highest BCUT2D eigenvalue weighted by molar-refractivity contribution is 5.76. The van der Waals surface area contributed by atoms with Crippen molar-refractivity contribution in [1.29, 1.82) is 0 Å². The van der Waals surface area contributed by atoms with Gasteiger partial charge in [0.25, 0.3) is 0 Å².